The van der Waals surface area contributed by atoms with Crippen LogP contribution in [0.3, 0.4) is 0 Å². The summed E-state index contributed by atoms with van der Waals surface area (Å²) in [4.78, 5) is 13.4. The highest BCUT2D eigenvalue weighted by Gasteiger charge is 2.08. The van der Waals surface area contributed by atoms with Crippen LogP contribution in [0.2, 0.25) is 0 Å². The number of aromatic amines is 1. The Labute approximate surface area is 79.8 Å². The molecular weight excluding hydrogens is 182 g/mol. The van der Waals surface area contributed by atoms with E-state index >= 15 is 0 Å². The third kappa shape index (κ3) is 1.25. The SMILES string of the molecule is O=C(O)c1cc2cccc(CO)c2[nH]1. The third-order valence-electron chi connectivity index (χ3n) is 2.14. The van der Waals surface area contributed by atoms with Crippen molar-refractivity contribution >= 4 is 16.9 Å². The smallest absolute Gasteiger partial charge is 0.352 e. The van der Waals surface area contributed by atoms with Crippen molar-refractivity contribution in [3.63, 3.8) is 0 Å². The van der Waals surface area contributed by atoms with Gasteiger partial charge in [-0.1, -0.05) is 18.2 Å². The predicted octanol–water partition coefficient (Wildman–Crippen LogP) is 1.36. The fourth-order valence-electron chi connectivity index (χ4n) is 1.47. The van der Waals surface area contributed by atoms with Crippen molar-refractivity contribution < 1.29 is 15.0 Å². The summed E-state index contributed by atoms with van der Waals surface area (Å²) in [7, 11) is 0. The first-order valence-electron chi connectivity index (χ1n) is 4.17. The van der Waals surface area contributed by atoms with Crippen molar-refractivity contribution in [1.82, 2.24) is 4.98 Å². The number of carbonyl (C=O) groups is 1. The molecule has 0 saturated carbocycles. The molecule has 0 aliphatic heterocycles. The van der Waals surface area contributed by atoms with Crippen LogP contribution in [0.15, 0.2) is 24.3 Å². The summed E-state index contributed by atoms with van der Waals surface area (Å²) in [5.41, 5.74) is 1.53. The minimum Gasteiger partial charge on any atom is -0.477 e. The van der Waals surface area contributed by atoms with Crippen LogP contribution in [0.1, 0.15) is 16.1 Å². The molecule has 0 bridgehead atoms. The number of aromatic nitrogens is 1. The normalized spacial score (nSPS) is 10.6. The molecule has 4 nitrogen and oxygen atoms in total. The first-order chi connectivity index (χ1) is 6.72. The molecule has 0 spiro atoms. The number of rotatable bonds is 2. The maximum atomic E-state index is 10.7. The summed E-state index contributed by atoms with van der Waals surface area (Å²) in [6.07, 6.45) is 0. The lowest BCUT2D eigenvalue weighted by Crippen LogP contribution is -1.95. The predicted molar refractivity (Wildman–Crippen MR) is 51.2 cm³/mol. The van der Waals surface area contributed by atoms with Crippen molar-refractivity contribution in [2.75, 3.05) is 0 Å². The molecule has 0 amide bonds. The number of para-hydroxylation sites is 1. The van der Waals surface area contributed by atoms with Gasteiger partial charge in [-0.05, 0) is 6.07 Å². The highest BCUT2D eigenvalue weighted by atomic mass is 16.4. The molecule has 2 rings (SSSR count). The number of H-pyrrole nitrogens is 1. The van der Waals surface area contributed by atoms with Crippen LogP contribution in [0.4, 0.5) is 0 Å². The Morgan fingerprint density at radius 1 is 1.43 bits per heavy atom. The van der Waals surface area contributed by atoms with E-state index in [1.807, 2.05) is 0 Å². The van der Waals surface area contributed by atoms with Gasteiger partial charge in [-0.3, -0.25) is 0 Å². The van der Waals surface area contributed by atoms with Crippen molar-refractivity contribution in [1.29, 1.82) is 0 Å². The van der Waals surface area contributed by atoms with Gasteiger partial charge in [0.2, 0.25) is 0 Å². The minimum atomic E-state index is -0.995. The Kier molecular flexibility index (Phi) is 1.98. The second-order valence-corrected chi connectivity index (χ2v) is 3.03. The van der Waals surface area contributed by atoms with Crippen molar-refractivity contribution in [3.8, 4) is 0 Å². The molecule has 1 heterocycles. The summed E-state index contributed by atoms with van der Waals surface area (Å²) >= 11 is 0. The third-order valence-corrected chi connectivity index (χ3v) is 2.14. The molecule has 0 radical (unpaired) electrons. The summed E-state index contributed by atoms with van der Waals surface area (Å²) in [6.45, 7) is -0.100. The first kappa shape index (κ1) is 8.77. The second kappa shape index (κ2) is 3.16. The quantitative estimate of drug-likeness (QED) is 0.671. The topological polar surface area (TPSA) is 73.3 Å². The van der Waals surface area contributed by atoms with E-state index in [4.69, 9.17) is 10.2 Å². The van der Waals surface area contributed by atoms with Gasteiger partial charge in [0.15, 0.2) is 0 Å². The molecule has 14 heavy (non-hydrogen) atoms. The number of aliphatic hydroxyl groups is 1. The number of fused-ring (bicyclic) bond motifs is 1. The first-order valence-corrected chi connectivity index (χ1v) is 4.17. The molecule has 0 atom stereocenters. The molecule has 4 heteroatoms. The van der Waals surface area contributed by atoms with Gasteiger partial charge in [0, 0.05) is 10.9 Å². The molecule has 3 N–H and O–H groups in total. The van der Waals surface area contributed by atoms with E-state index in [1.165, 1.54) is 0 Å². The van der Waals surface area contributed by atoms with Crippen molar-refractivity contribution in [2.45, 2.75) is 6.61 Å². The second-order valence-electron chi connectivity index (χ2n) is 3.03. The Hall–Kier alpha value is -1.81. The van der Waals surface area contributed by atoms with Crippen molar-refractivity contribution in [2.24, 2.45) is 0 Å². The van der Waals surface area contributed by atoms with Crippen LogP contribution >= 0.6 is 0 Å². The van der Waals surface area contributed by atoms with E-state index in [0.29, 0.717) is 11.1 Å². The van der Waals surface area contributed by atoms with Crippen molar-refractivity contribution in [3.05, 3.63) is 35.5 Å². The highest BCUT2D eigenvalue weighted by Crippen LogP contribution is 2.19. The number of benzene rings is 1. The lowest BCUT2D eigenvalue weighted by Gasteiger charge is -1.96. The molecule has 2 aromatic rings. The lowest BCUT2D eigenvalue weighted by atomic mass is 10.1. The van der Waals surface area contributed by atoms with E-state index in [0.717, 1.165) is 5.39 Å². The molecule has 0 aliphatic carbocycles. The van der Waals surface area contributed by atoms with Gasteiger partial charge in [-0.25, -0.2) is 4.79 Å². The maximum Gasteiger partial charge on any atom is 0.352 e. The Balaban J connectivity index is 2.70. The summed E-state index contributed by atoms with van der Waals surface area (Å²) in [5.74, 6) is -0.995. The molecule has 0 aliphatic rings. The molecule has 1 aromatic carbocycles. The Morgan fingerprint density at radius 2 is 2.21 bits per heavy atom. The highest BCUT2D eigenvalue weighted by molar-refractivity contribution is 5.94. The van der Waals surface area contributed by atoms with E-state index in [9.17, 15) is 4.79 Å². The largest absolute Gasteiger partial charge is 0.477 e. The summed E-state index contributed by atoms with van der Waals surface area (Å²) in [5, 5.41) is 18.6. The van der Waals surface area contributed by atoms with Gasteiger partial charge in [-0.15, -0.1) is 0 Å². The van der Waals surface area contributed by atoms with Gasteiger partial charge in [-0.2, -0.15) is 0 Å². The number of aliphatic hydroxyl groups excluding tert-OH is 1. The standard InChI is InChI=1S/C10H9NO3/c12-5-7-3-1-2-6-4-8(10(13)14)11-9(6)7/h1-4,11-12H,5H2,(H,13,14). The van der Waals surface area contributed by atoms with Crippen LogP contribution in [-0.2, 0) is 6.61 Å². The van der Waals surface area contributed by atoms with Crippen LogP contribution < -0.4 is 0 Å². The van der Waals surface area contributed by atoms with Crippen LogP contribution in [-0.4, -0.2) is 21.2 Å². The zero-order valence-corrected chi connectivity index (χ0v) is 7.32. The molecule has 0 saturated heterocycles. The number of carboxylic acid groups (broad SMARTS) is 1. The van der Waals surface area contributed by atoms with Gasteiger partial charge in [0.25, 0.3) is 0 Å². The molecule has 72 valence electrons. The fourth-order valence-corrected chi connectivity index (χ4v) is 1.47. The van der Waals surface area contributed by atoms with Gasteiger partial charge >= 0.3 is 5.97 Å². The minimum absolute atomic E-state index is 0.100. The fraction of sp³-hybridized carbons (Fsp3) is 0.100. The Bertz CT molecular complexity index is 487. The molecule has 0 fully saturated rings. The average molecular weight is 191 g/mol. The number of aromatic carboxylic acids is 1. The van der Waals surface area contributed by atoms with Crippen LogP contribution in [0.5, 0.6) is 0 Å². The van der Waals surface area contributed by atoms with E-state index in [-0.39, 0.29) is 12.3 Å². The zero-order chi connectivity index (χ0) is 10.1. The Morgan fingerprint density at radius 3 is 2.86 bits per heavy atom. The molecular formula is C10H9NO3. The van der Waals surface area contributed by atoms with Crippen LogP contribution in [0.25, 0.3) is 10.9 Å². The van der Waals surface area contributed by atoms with Crippen LogP contribution in [0, 0.1) is 0 Å². The van der Waals surface area contributed by atoms with Gasteiger partial charge in [0.05, 0.1) is 12.1 Å². The monoisotopic (exact) mass is 191 g/mol. The maximum absolute atomic E-state index is 10.7. The zero-order valence-electron chi connectivity index (χ0n) is 7.32. The van der Waals surface area contributed by atoms with E-state index in [2.05, 4.69) is 4.98 Å². The average Bonchev–Trinajstić information content (AvgIpc) is 2.60. The van der Waals surface area contributed by atoms with E-state index in [1.54, 1.807) is 24.3 Å². The molecule has 1 aromatic heterocycles. The van der Waals surface area contributed by atoms with Gasteiger partial charge in [0.1, 0.15) is 5.69 Å². The number of hydrogen-bond acceptors (Lipinski definition) is 2. The van der Waals surface area contributed by atoms with E-state index < -0.39 is 5.97 Å². The summed E-state index contributed by atoms with van der Waals surface area (Å²) in [6, 6.07) is 6.89. The summed E-state index contributed by atoms with van der Waals surface area (Å²) < 4.78 is 0. The number of hydrogen-bond donors (Lipinski definition) is 3. The number of carboxylic acids is 1. The molecule has 0 unspecified atom stereocenters. The number of nitrogens with one attached hydrogen (secondary N) is 1. The lowest BCUT2D eigenvalue weighted by molar-refractivity contribution is 0.0691. The van der Waals surface area contributed by atoms with Gasteiger partial charge < -0.3 is 15.2 Å².